The molecule has 0 amide bonds. The molecule has 0 aromatic heterocycles. The van der Waals surface area contributed by atoms with Crippen LogP contribution in [0.5, 0.6) is 0 Å². The monoisotopic (exact) mass is 221 g/mol. The molecule has 0 unspecified atom stereocenters. The smallest absolute Gasteiger partial charge is 0.184 e. The zero-order chi connectivity index (χ0) is 6.69. The normalized spacial score (nSPS) is 9.10. The van der Waals surface area contributed by atoms with Gasteiger partial charge in [-0.15, -0.1) is 0 Å². The summed E-state index contributed by atoms with van der Waals surface area (Å²) in [6, 6.07) is 11.1. The van der Waals surface area contributed by atoms with Crippen molar-refractivity contribution in [3.8, 4) is 0 Å². The molecule has 1 heteroatoms. The minimum atomic E-state index is 0. The first-order chi connectivity index (χ1) is 4.30. The van der Waals surface area contributed by atoms with Crippen LogP contribution in [0.1, 0.15) is 25.3 Å². The minimum absolute atomic E-state index is 0. The molecule has 0 saturated heterocycles. The standard InChI is InChI=1S/C9H11.Ru/c1-8(2)9-6-4-3-5-7-9;/h4-8H,1-2H3;/q-1;+1. The van der Waals surface area contributed by atoms with E-state index in [1.165, 1.54) is 5.56 Å². The Morgan fingerprint density at radius 1 is 1.20 bits per heavy atom. The van der Waals surface area contributed by atoms with Gasteiger partial charge in [-0.05, 0) is 5.92 Å². The third-order valence-electron chi connectivity index (χ3n) is 1.41. The molecule has 0 spiro atoms. The molecule has 0 aliphatic carbocycles. The Labute approximate surface area is 75.4 Å². The fourth-order valence-electron chi connectivity index (χ4n) is 0.785. The fraction of sp³-hybridized carbons (Fsp3) is 0.333. The van der Waals surface area contributed by atoms with Gasteiger partial charge in [0.05, 0.1) is 0 Å². The second-order valence-corrected chi connectivity index (χ2v) is 2.49. The Hall–Kier alpha value is -0.157. The van der Waals surface area contributed by atoms with Crippen molar-refractivity contribution in [1.82, 2.24) is 0 Å². The van der Waals surface area contributed by atoms with Crippen LogP contribution in [-0.2, 0) is 19.5 Å². The van der Waals surface area contributed by atoms with Crippen LogP contribution in [0.3, 0.4) is 0 Å². The van der Waals surface area contributed by atoms with E-state index in [2.05, 4.69) is 32.0 Å². The van der Waals surface area contributed by atoms with Gasteiger partial charge in [-0.25, -0.2) is 0 Å². The molecule has 0 saturated carbocycles. The van der Waals surface area contributed by atoms with Crippen LogP contribution in [0.25, 0.3) is 0 Å². The molecule has 0 N–H and O–H groups in total. The van der Waals surface area contributed by atoms with E-state index in [-0.39, 0.29) is 19.5 Å². The first-order valence-corrected chi connectivity index (χ1v) is 3.26. The van der Waals surface area contributed by atoms with Crippen molar-refractivity contribution in [2.45, 2.75) is 19.8 Å². The fourth-order valence-corrected chi connectivity index (χ4v) is 0.785. The molecule has 1 radical (unpaired) electrons. The summed E-state index contributed by atoms with van der Waals surface area (Å²) in [4.78, 5) is 0. The van der Waals surface area contributed by atoms with Gasteiger partial charge in [0.1, 0.15) is 0 Å². The van der Waals surface area contributed by atoms with Crippen LogP contribution >= 0.6 is 0 Å². The van der Waals surface area contributed by atoms with Crippen molar-refractivity contribution in [2.75, 3.05) is 0 Å². The van der Waals surface area contributed by atoms with Gasteiger partial charge in [-0.1, -0.05) is 13.8 Å². The van der Waals surface area contributed by atoms with Gasteiger partial charge in [0.15, 0.2) is 0 Å². The second-order valence-electron chi connectivity index (χ2n) is 2.49. The van der Waals surface area contributed by atoms with Crippen LogP contribution in [0.4, 0.5) is 0 Å². The number of hydrogen-bond acceptors (Lipinski definition) is 0. The molecule has 1 aromatic carbocycles. The van der Waals surface area contributed by atoms with Crippen LogP contribution in [0, 0.1) is 6.07 Å². The second kappa shape index (κ2) is 4.63. The van der Waals surface area contributed by atoms with E-state index in [9.17, 15) is 0 Å². The molecular formula is C9H11Ru. The van der Waals surface area contributed by atoms with E-state index >= 15 is 0 Å². The van der Waals surface area contributed by atoms with Crippen LogP contribution < -0.4 is 0 Å². The van der Waals surface area contributed by atoms with Crippen molar-refractivity contribution < 1.29 is 19.5 Å². The van der Waals surface area contributed by atoms with E-state index in [1.807, 2.05) is 12.1 Å². The third-order valence-corrected chi connectivity index (χ3v) is 1.41. The van der Waals surface area contributed by atoms with Crippen molar-refractivity contribution in [2.24, 2.45) is 0 Å². The Morgan fingerprint density at radius 2 is 1.70 bits per heavy atom. The summed E-state index contributed by atoms with van der Waals surface area (Å²) in [6.07, 6.45) is 0. The molecule has 0 aliphatic heterocycles. The van der Waals surface area contributed by atoms with Crippen molar-refractivity contribution >= 4 is 0 Å². The quantitative estimate of drug-likeness (QED) is 0.504. The zero-order valence-corrected chi connectivity index (χ0v) is 7.98. The van der Waals surface area contributed by atoms with E-state index in [4.69, 9.17) is 0 Å². The number of benzene rings is 1. The molecular weight excluding hydrogens is 209 g/mol. The maximum atomic E-state index is 2.99. The molecule has 55 valence electrons. The van der Waals surface area contributed by atoms with Crippen LogP contribution in [-0.4, -0.2) is 0 Å². The molecule has 0 nitrogen and oxygen atoms in total. The van der Waals surface area contributed by atoms with Gasteiger partial charge < -0.3 is 0 Å². The van der Waals surface area contributed by atoms with Crippen molar-refractivity contribution in [3.05, 3.63) is 35.9 Å². The van der Waals surface area contributed by atoms with Crippen LogP contribution in [0.2, 0.25) is 0 Å². The minimum Gasteiger partial charge on any atom is -0.184 e. The predicted molar refractivity (Wildman–Crippen MR) is 39.4 cm³/mol. The Morgan fingerprint density at radius 3 is 2.00 bits per heavy atom. The molecule has 1 rings (SSSR count). The van der Waals surface area contributed by atoms with Gasteiger partial charge in [-0.2, -0.15) is 35.9 Å². The average molecular weight is 220 g/mol. The Bertz CT molecular complexity index is 167. The molecule has 0 heterocycles. The van der Waals surface area contributed by atoms with Gasteiger partial charge in [0.25, 0.3) is 0 Å². The molecule has 0 bridgehead atoms. The Balaban J connectivity index is 0.000000810. The topological polar surface area (TPSA) is 0 Å². The maximum Gasteiger partial charge on any atom is 1.00 e. The number of hydrogen-bond donors (Lipinski definition) is 0. The summed E-state index contributed by atoms with van der Waals surface area (Å²) in [5.41, 5.74) is 1.38. The predicted octanol–water partition coefficient (Wildman–Crippen LogP) is 2.61. The van der Waals surface area contributed by atoms with Gasteiger partial charge in [0.2, 0.25) is 0 Å². The van der Waals surface area contributed by atoms with Gasteiger partial charge >= 0.3 is 19.5 Å². The molecule has 1 aromatic rings. The number of rotatable bonds is 1. The SMILES string of the molecule is CC(C)c1cc[c-]cc1.[Ru+]. The first kappa shape index (κ1) is 9.84. The zero-order valence-electron chi connectivity index (χ0n) is 6.24. The van der Waals surface area contributed by atoms with Crippen molar-refractivity contribution in [3.63, 3.8) is 0 Å². The van der Waals surface area contributed by atoms with E-state index < -0.39 is 0 Å². The largest absolute Gasteiger partial charge is 1.00 e. The molecule has 0 aliphatic rings. The molecule has 0 fully saturated rings. The first-order valence-electron chi connectivity index (χ1n) is 3.26. The van der Waals surface area contributed by atoms with E-state index in [1.54, 1.807) is 0 Å². The molecule has 0 atom stereocenters. The van der Waals surface area contributed by atoms with Gasteiger partial charge in [0, 0.05) is 0 Å². The summed E-state index contributed by atoms with van der Waals surface area (Å²) in [7, 11) is 0. The van der Waals surface area contributed by atoms with Crippen LogP contribution in [0.15, 0.2) is 24.3 Å². The van der Waals surface area contributed by atoms with Gasteiger partial charge in [-0.3, -0.25) is 0 Å². The summed E-state index contributed by atoms with van der Waals surface area (Å²) < 4.78 is 0. The summed E-state index contributed by atoms with van der Waals surface area (Å²) in [6.45, 7) is 4.38. The van der Waals surface area contributed by atoms with E-state index in [0.29, 0.717) is 5.92 Å². The summed E-state index contributed by atoms with van der Waals surface area (Å²) >= 11 is 0. The van der Waals surface area contributed by atoms with E-state index in [0.717, 1.165) is 0 Å². The summed E-state index contributed by atoms with van der Waals surface area (Å²) in [5, 5.41) is 0. The average Bonchev–Trinajstić information content (AvgIpc) is 1.90. The summed E-state index contributed by atoms with van der Waals surface area (Å²) in [5.74, 6) is 0.639. The third kappa shape index (κ3) is 2.62. The Kier molecular flexibility index (Phi) is 4.55. The molecule has 10 heavy (non-hydrogen) atoms. The van der Waals surface area contributed by atoms with Crippen molar-refractivity contribution in [1.29, 1.82) is 0 Å². The maximum absolute atomic E-state index is 2.99.